The smallest absolute Gasteiger partial charge is 0.307 e. The topological polar surface area (TPSA) is 68.0 Å². The molecule has 170 valence electrons. The van der Waals surface area contributed by atoms with Crippen molar-refractivity contribution in [1.29, 1.82) is 0 Å². The fourth-order valence-electron chi connectivity index (χ4n) is 4.26. The summed E-state index contributed by atoms with van der Waals surface area (Å²) >= 11 is 7.71. The molecular weight excluding hydrogens is 466 g/mol. The van der Waals surface area contributed by atoms with E-state index in [0.717, 1.165) is 59.9 Å². The third-order valence-electron chi connectivity index (χ3n) is 6.13. The quantitative estimate of drug-likeness (QED) is 0.292. The minimum absolute atomic E-state index is 0.0528. The van der Waals surface area contributed by atoms with Gasteiger partial charge < -0.3 is 5.11 Å². The van der Waals surface area contributed by atoms with Gasteiger partial charge >= 0.3 is 5.97 Å². The van der Waals surface area contributed by atoms with E-state index in [-0.39, 0.29) is 6.42 Å². The number of aliphatic carboxylic acids is 1. The molecule has 0 atom stereocenters. The lowest BCUT2D eigenvalue weighted by Gasteiger charge is -2.13. The summed E-state index contributed by atoms with van der Waals surface area (Å²) in [5.74, 6) is -0.859. The van der Waals surface area contributed by atoms with Gasteiger partial charge in [0.15, 0.2) is 0 Å². The molecule has 1 N–H and O–H groups in total. The molecule has 34 heavy (non-hydrogen) atoms. The van der Waals surface area contributed by atoms with E-state index >= 15 is 0 Å². The van der Waals surface area contributed by atoms with Crippen LogP contribution in [0.25, 0.3) is 43.0 Å². The first-order valence-electron chi connectivity index (χ1n) is 10.8. The molecule has 0 unspecified atom stereocenters. The van der Waals surface area contributed by atoms with Crippen molar-refractivity contribution in [3.63, 3.8) is 0 Å². The van der Waals surface area contributed by atoms with Crippen LogP contribution < -0.4 is 0 Å². The van der Waals surface area contributed by atoms with E-state index in [1.54, 1.807) is 11.3 Å². The Morgan fingerprint density at radius 1 is 1.06 bits per heavy atom. The van der Waals surface area contributed by atoms with Crippen LogP contribution in [0.5, 0.6) is 0 Å². The molecule has 0 saturated heterocycles. The van der Waals surface area contributed by atoms with Crippen molar-refractivity contribution in [2.75, 3.05) is 0 Å². The Kier molecular flexibility index (Phi) is 5.71. The second kappa shape index (κ2) is 8.70. The summed E-state index contributed by atoms with van der Waals surface area (Å²) in [5, 5.41) is 15.5. The van der Waals surface area contributed by atoms with Gasteiger partial charge in [-0.25, -0.2) is 4.98 Å². The number of hydrogen-bond acceptors (Lipinski definition) is 4. The van der Waals surface area contributed by atoms with Crippen molar-refractivity contribution < 1.29 is 9.90 Å². The number of hydrogen-bond donors (Lipinski definition) is 1. The van der Waals surface area contributed by atoms with Crippen molar-refractivity contribution in [3.8, 4) is 32.8 Å². The monoisotopic (exact) mass is 487 g/mol. The molecule has 2 aromatic heterocycles. The van der Waals surface area contributed by atoms with Crippen molar-refractivity contribution >= 4 is 39.1 Å². The van der Waals surface area contributed by atoms with Crippen LogP contribution in [-0.2, 0) is 18.3 Å². The fraction of sp³-hybridized carbons (Fsp3) is 0.148. The van der Waals surface area contributed by atoms with Crippen LogP contribution in [0, 0.1) is 13.8 Å². The van der Waals surface area contributed by atoms with Gasteiger partial charge in [-0.3, -0.25) is 9.48 Å². The fourth-order valence-corrected chi connectivity index (χ4v) is 5.52. The number of halogens is 1. The first-order valence-corrected chi connectivity index (χ1v) is 12.0. The van der Waals surface area contributed by atoms with Gasteiger partial charge in [-0.05, 0) is 60.4 Å². The minimum Gasteiger partial charge on any atom is -0.481 e. The lowest BCUT2D eigenvalue weighted by atomic mass is 9.93. The number of aryl methyl sites for hydroxylation is 2. The summed E-state index contributed by atoms with van der Waals surface area (Å²) < 4.78 is 2.84. The summed E-state index contributed by atoms with van der Waals surface area (Å²) in [4.78, 5) is 16.6. The Bertz CT molecular complexity index is 1550. The van der Waals surface area contributed by atoms with E-state index in [2.05, 4.69) is 30.2 Å². The minimum atomic E-state index is -0.859. The Morgan fingerprint density at radius 2 is 1.79 bits per heavy atom. The second-order valence-corrected chi connectivity index (χ2v) is 9.78. The van der Waals surface area contributed by atoms with Crippen LogP contribution in [-0.4, -0.2) is 25.8 Å². The maximum absolute atomic E-state index is 11.7. The lowest BCUT2D eigenvalue weighted by Crippen LogP contribution is -2.04. The SMILES string of the molecule is Cc1cc2nc(-c3cccc(-c4cnn(C)c4C)c3)sc2c(-c2ccc(Cl)cc2)c1CC(=O)O. The molecule has 5 rings (SSSR count). The highest BCUT2D eigenvalue weighted by molar-refractivity contribution is 7.22. The molecule has 5 nitrogen and oxygen atoms in total. The van der Waals surface area contributed by atoms with E-state index in [1.165, 1.54) is 0 Å². The zero-order chi connectivity index (χ0) is 24.0. The number of thiazole rings is 1. The molecule has 0 fully saturated rings. The molecular formula is C27H22ClN3O2S. The number of carboxylic acid groups (broad SMARTS) is 1. The first kappa shape index (κ1) is 22.3. The van der Waals surface area contributed by atoms with Crippen molar-refractivity contribution in [2.45, 2.75) is 20.3 Å². The Morgan fingerprint density at radius 3 is 2.47 bits per heavy atom. The molecule has 0 aliphatic rings. The number of rotatable bonds is 5. The van der Waals surface area contributed by atoms with Crippen LogP contribution in [0.1, 0.15) is 16.8 Å². The lowest BCUT2D eigenvalue weighted by molar-refractivity contribution is -0.136. The number of benzene rings is 3. The zero-order valence-electron chi connectivity index (χ0n) is 19.0. The molecule has 0 radical (unpaired) electrons. The maximum atomic E-state index is 11.7. The number of nitrogens with zero attached hydrogens (tertiary/aromatic N) is 3. The number of fused-ring (bicyclic) bond motifs is 1. The highest BCUT2D eigenvalue weighted by Gasteiger charge is 2.20. The van der Waals surface area contributed by atoms with Gasteiger partial charge in [0.2, 0.25) is 0 Å². The van der Waals surface area contributed by atoms with Gasteiger partial charge in [0.1, 0.15) is 5.01 Å². The summed E-state index contributed by atoms with van der Waals surface area (Å²) in [6, 6.07) is 17.8. The Balaban J connectivity index is 1.70. The molecule has 5 aromatic rings. The van der Waals surface area contributed by atoms with E-state index < -0.39 is 5.97 Å². The molecule has 0 bridgehead atoms. The molecule has 0 aliphatic carbocycles. The summed E-state index contributed by atoms with van der Waals surface area (Å²) in [7, 11) is 1.94. The predicted molar refractivity (Wildman–Crippen MR) is 139 cm³/mol. The third kappa shape index (κ3) is 4.00. The van der Waals surface area contributed by atoms with Crippen molar-refractivity contribution in [3.05, 3.63) is 82.6 Å². The van der Waals surface area contributed by atoms with E-state index in [1.807, 2.05) is 61.2 Å². The first-order chi connectivity index (χ1) is 16.3. The normalized spacial score (nSPS) is 11.3. The van der Waals surface area contributed by atoms with Gasteiger partial charge in [0.05, 0.1) is 22.8 Å². The summed E-state index contributed by atoms with van der Waals surface area (Å²) in [5.41, 5.74) is 8.71. The van der Waals surface area contributed by atoms with Gasteiger partial charge in [0.25, 0.3) is 0 Å². The van der Waals surface area contributed by atoms with Gasteiger partial charge in [-0.2, -0.15) is 5.10 Å². The van der Waals surface area contributed by atoms with Crippen LogP contribution >= 0.6 is 22.9 Å². The molecule has 3 aromatic carbocycles. The van der Waals surface area contributed by atoms with Gasteiger partial charge in [-0.1, -0.05) is 41.9 Å². The summed E-state index contributed by atoms with van der Waals surface area (Å²) in [6.45, 7) is 4.00. The molecule has 0 saturated carbocycles. The molecule has 7 heteroatoms. The largest absolute Gasteiger partial charge is 0.481 e. The predicted octanol–water partition coefficient (Wildman–Crippen LogP) is 6.93. The molecule has 2 heterocycles. The highest BCUT2D eigenvalue weighted by atomic mass is 35.5. The summed E-state index contributed by atoms with van der Waals surface area (Å²) in [6.07, 6.45) is 1.83. The highest BCUT2D eigenvalue weighted by Crippen LogP contribution is 2.41. The van der Waals surface area contributed by atoms with E-state index in [9.17, 15) is 9.90 Å². The number of carbonyl (C=O) groups is 1. The van der Waals surface area contributed by atoms with E-state index in [0.29, 0.717) is 5.02 Å². The standard InChI is InChI=1S/C27H22ClN3O2S/c1-15-11-23-26(25(21(15)13-24(32)33)17-7-9-20(28)10-8-17)34-27(30-23)19-6-4-5-18(12-19)22-14-29-31(3)16(22)2/h4-12,14H,13H2,1-3H3,(H,32,33). The Labute approximate surface area is 206 Å². The number of aromatic nitrogens is 3. The van der Waals surface area contributed by atoms with Crippen LogP contribution in [0.2, 0.25) is 5.02 Å². The van der Waals surface area contributed by atoms with Crippen molar-refractivity contribution in [2.24, 2.45) is 7.05 Å². The second-order valence-electron chi connectivity index (χ2n) is 8.34. The Hall–Kier alpha value is -3.48. The maximum Gasteiger partial charge on any atom is 0.307 e. The number of carboxylic acids is 1. The van der Waals surface area contributed by atoms with Crippen molar-refractivity contribution in [1.82, 2.24) is 14.8 Å². The van der Waals surface area contributed by atoms with Crippen LogP contribution in [0.4, 0.5) is 0 Å². The van der Waals surface area contributed by atoms with E-state index in [4.69, 9.17) is 16.6 Å². The average Bonchev–Trinajstić information content (AvgIpc) is 3.38. The van der Waals surface area contributed by atoms with Gasteiger partial charge in [-0.15, -0.1) is 11.3 Å². The van der Waals surface area contributed by atoms with Crippen LogP contribution in [0.15, 0.2) is 60.8 Å². The molecule has 0 aliphatic heterocycles. The molecule has 0 amide bonds. The molecule has 0 spiro atoms. The van der Waals surface area contributed by atoms with Crippen LogP contribution in [0.3, 0.4) is 0 Å². The third-order valence-corrected chi connectivity index (χ3v) is 7.52. The van der Waals surface area contributed by atoms with Gasteiger partial charge in [0, 0.05) is 34.5 Å². The zero-order valence-corrected chi connectivity index (χ0v) is 20.5. The average molecular weight is 488 g/mol.